The van der Waals surface area contributed by atoms with Gasteiger partial charge in [0.25, 0.3) is 5.56 Å². The van der Waals surface area contributed by atoms with Crippen LogP contribution in [0.15, 0.2) is 9.59 Å². The van der Waals surface area contributed by atoms with E-state index in [0.29, 0.717) is 0 Å². The Labute approximate surface area is 76.2 Å². The smallest absolute Gasteiger partial charge is 0.327 e. The van der Waals surface area contributed by atoms with Gasteiger partial charge >= 0.3 is 5.69 Å². The number of rotatable bonds is 1. The summed E-state index contributed by atoms with van der Waals surface area (Å²) in [7, 11) is 0. The maximum absolute atomic E-state index is 11.2. The van der Waals surface area contributed by atoms with Crippen LogP contribution in [0.4, 0.5) is 0 Å². The zero-order valence-corrected chi connectivity index (χ0v) is 7.17. The van der Waals surface area contributed by atoms with Gasteiger partial charge in [-0.15, -0.1) is 0 Å². The number of imidazole rings is 1. The van der Waals surface area contributed by atoms with E-state index in [1.54, 1.807) is 0 Å². The minimum Gasteiger partial charge on any atom is -0.330 e. The summed E-state index contributed by atoms with van der Waals surface area (Å²) in [5, 5.41) is 0. The van der Waals surface area contributed by atoms with Gasteiger partial charge < -0.3 is 4.98 Å². The average molecular weight is 194 g/mol. The number of carbonyl (C=O) groups is 1. The van der Waals surface area contributed by atoms with Crippen LogP contribution in [-0.2, 0) is 0 Å². The number of carbonyl (C=O) groups excluding carboxylic acids is 1. The summed E-state index contributed by atoms with van der Waals surface area (Å²) in [6.45, 7) is 1.31. The number of nitrogens with one attached hydrogen (secondary N) is 3. The highest BCUT2D eigenvalue weighted by atomic mass is 16.2. The number of hydrogen-bond donors (Lipinski definition) is 3. The Morgan fingerprint density at radius 1 is 1.21 bits per heavy atom. The Kier molecular flexibility index (Phi) is 1.60. The molecular formula is C7H6N4O3. The fourth-order valence-corrected chi connectivity index (χ4v) is 1.10. The van der Waals surface area contributed by atoms with Crippen LogP contribution in [0.1, 0.15) is 17.5 Å². The first-order valence-electron chi connectivity index (χ1n) is 3.81. The molecule has 0 atom stereocenters. The molecule has 14 heavy (non-hydrogen) atoms. The molecule has 2 rings (SSSR count). The van der Waals surface area contributed by atoms with E-state index in [0.717, 1.165) is 0 Å². The van der Waals surface area contributed by atoms with Crippen molar-refractivity contribution in [3.05, 3.63) is 26.7 Å². The molecule has 0 bridgehead atoms. The molecule has 0 amide bonds. The van der Waals surface area contributed by atoms with Gasteiger partial charge in [-0.05, 0) is 0 Å². The van der Waals surface area contributed by atoms with Crippen LogP contribution in [0.25, 0.3) is 11.2 Å². The highest BCUT2D eigenvalue weighted by molar-refractivity contribution is 5.93. The summed E-state index contributed by atoms with van der Waals surface area (Å²) in [5.74, 6) is -0.256. The maximum atomic E-state index is 11.2. The first-order valence-corrected chi connectivity index (χ1v) is 3.81. The van der Waals surface area contributed by atoms with Crippen LogP contribution in [0.3, 0.4) is 0 Å². The fraction of sp³-hybridized carbons (Fsp3) is 0.143. The molecule has 0 radical (unpaired) electrons. The van der Waals surface area contributed by atoms with Gasteiger partial charge in [0, 0.05) is 6.92 Å². The van der Waals surface area contributed by atoms with Gasteiger partial charge in [-0.2, -0.15) is 0 Å². The number of Topliss-reactive ketones (excluding diaryl/α,β-unsaturated/α-hetero) is 1. The molecule has 0 aliphatic heterocycles. The molecule has 2 aromatic rings. The quantitative estimate of drug-likeness (QED) is 0.513. The molecule has 0 saturated heterocycles. The number of fused-ring (bicyclic) bond motifs is 1. The van der Waals surface area contributed by atoms with Crippen molar-refractivity contribution in [1.29, 1.82) is 0 Å². The molecule has 2 aromatic heterocycles. The van der Waals surface area contributed by atoms with E-state index in [9.17, 15) is 14.4 Å². The van der Waals surface area contributed by atoms with Crippen molar-refractivity contribution in [2.24, 2.45) is 0 Å². The maximum Gasteiger partial charge on any atom is 0.327 e. The lowest BCUT2D eigenvalue weighted by molar-refractivity contribution is 0.100. The van der Waals surface area contributed by atoms with Crippen molar-refractivity contribution in [1.82, 2.24) is 19.9 Å². The summed E-state index contributed by atoms with van der Waals surface area (Å²) >= 11 is 0. The molecule has 7 nitrogen and oxygen atoms in total. The fourth-order valence-electron chi connectivity index (χ4n) is 1.10. The first kappa shape index (κ1) is 8.42. The van der Waals surface area contributed by atoms with Crippen molar-refractivity contribution < 1.29 is 4.79 Å². The van der Waals surface area contributed by atoms with Gasteiger partial charge in [0.1, 0.15) is 5.52 Å². The van der Waals surface area contributed by atoms with E-state index in [4.69, 9.17) is 0 Å². The van der Waals surface area contributed by atoms with Crippen LogP contribution in [-0.4, -0.2) is 25.7 Å². The molecular weight excluding hydrogens is 188 g/mol. The van der Waals surface area contributed by atoms with Crippen molar-refractivity contribution in [2.75, 3.05) is 0 Å². The van der Waals surface area contributed by atoms with Gasteiger partial charge in [-0.1, -0.05) is 0 Å². The summed E-state index contributed by atoms with van der Waals surface area (Å²) in [5.41, 5.74) is -1.06. The normalized spacial score (nSPS) is 10.6. The number of aromatic amines is 3. The monoisotopic (exact) mass is 194 g/mol. The summed E-state index contributed by atoms with van der Waals surface area (Å²) in [4.78, 5) is 43.5. The number of H-pyrrole nitrogens is 3. The highest BCUT2D eigenvalue weighted by Crippen LogP contribution is 2.01. The molecule has 3 N–H and O–H groups in total. The molecule has 0 aromatic carbocycles. The standard InChI is InChI=1S/C7H6N4O3/c1-2(12)4-8-3-5(9-4)10-7(14)11-6(3)13/h1H3,(H3,8,9,10,11,13,14). The van der Waals surface area contributed by atoms with Gasteiger partial charge in [0.05, 0.1) is 0 Å². The third kappa shape index (κ3) is 1.15. The first-order chi connectivity index (χ1) is 6.58. The van der Waals surface area contributed by atoms with E-state index in [-0.39, 0.29) is 22.8 Å². The lowest BCUT2D eigenvalue weighted by atomic mass is 10.4. The van der Waals surface area contributed by atoms with Crippen molar-refractivity contribution >= 4 is 16.9 Å². The van der Waals surface area contributed by atoms with E-state index < -0.39 is 11.2 Å². The van der Waals surface area contributed by atoms with Crippen LogP contribution >= 0.6 is 0 Å². The summed E-state index contributed by atoms with van der Waals surface area (Å²) in [6, 6.07) is 0. The van der Waals surface area contributed by atoms with Crippen LogP contribution in [0.2, 0.25) is 0 Å². The lowest BCUT2D eigenvalue weighted by Gasteiger charge is -1.83. The molecule has 0 spiro atoms. The molecule has 0 aliphatic carbocycles. The number of ketones is 1. The van der Waals surface area contributed by atoms with E-state index in [2.05, 4.69) is 15.0 Å². The Bertz CT molecular complexity index is 618. The molecule has 2 heterocycles. The molecule has 0 fully saturated rings. The predicted octanol–water partition coefficient (Wildman–Crippen LogP) is -0.858. The number of aromatic nitrogens is 4. The number of hydrogen-bond acceptors (Lipinski definition) is 4. The largest absolute Gasteiger partial charge is 0.330 e. The average Bonchev–Trinajstić information content (AvgIpc) is 2.47. The van der Waals surface area contributed by atoms with Gasteiger partial charge in [-0.3, -0.25) is 19.6 Å². The molecule has 0 unspecified atom stereocenters. The second-order valence-corrected chi connectivity index (χ2v) is 2.77. The Morgan fingerprint density at radius 3 is 2.57 bits per heavy atom. The Hall–Kier alpha value is -2.18. The van der Waals surface area contributed by atoms with Crippen molar-refractivity contribution in [2.45, 2.75) is 6.92 Å². The van der Waals surface area contributed by atoms with Crippen LogP contribution in [0.5, 0.6) is 0 Å². The second-order valence-electron chi connectivity index (χ2n) is 2.77. The minimum absolute atomic E-state index is 0.0485. The van der Waals surface area contributed by atoms with E-state index in [1.165, 1.54) is 6.92 Å². The summed E-state index contributed by atoms with van der Waals surface area (Å²) < 4.78 is 0. The van der Waals surface area contributed by atoms with Gasteiger partial charge in [0.2, 0.25) is 0 Å². The topological polar surface area (TPSA) is 111 Å². The Morgan fingerprint density at radius 2 is 1.93 bits per heavy atom. The van der Waals surface area contributed by atoms with E-state index >= 15 is 0 Å². The predicted molar refractivity (Wildman–Crippen MR) is 47.3 cm³/mol. The van der Waals surface area contributed by atoms with Gasteiger partial charge in [0.15, 0.2) is 17.3 Å². The molecule has 0 saturated carbocycles. The van der Waals surface area contributed by atoms with Crippen LogP contribution in [0, 0.1) is 0 Å². The SMILES string of the molecule is CC(=O)c1nc2[nH]c(=O)[nH]c(=O)c2[nH]1. The van der Waals surface area contributed by atoms with Gasteiger partial charge in [-0.25, -0.2) is 9.78 Å². The summed E-state index contributed by atoms with van der Waals surface area (Å²) in [6.07, 6.45) is 0. The van der Waals surface area contributed by atoms with Crippen molar-refractivity contribution in [3.63, 3.8) is 0 Å². The second kappa shape index (κ2) is 2.66. The zero-order valence-electron chi connectivity index (χ0n) is 7.17. The lowest BCUT2D eigenvalue weighted by Crippen LogP contribution is -2.21. The third-order valence-corrected chi connectivity index (χ3v) is 1.72. The molecule has 7 heteroatoms. The highest BCUT2D eigenvalue weighted by Gasteiger charge is 2.09. The van der Waals surface area contributed by atoms with E-state index in [1.807, 2.05) is 4.98 Å². The van der Waals surface area contributed by atoms with Crippen molar-refractivity contribution in [3.8, 4) is 0 Å². The number of nitrogens with zero attached hydrogens (tertiary/aromatic N) is 1. The zero-order chi connectivity index (χ0) is 10.3. The van der Waals surface area contributed by atoms with Crippen LogP contribution < -0.4 is 11.2 Å². The molecule has 72 valence electrons. The molecule has 0 aliphatic rings. The Balaban J connectivity index is 2.90. The minimum atomic E-state index is -0.649. The third-order valence-electron chi connectivity index (χ3n) is 1.72.